The van der Waals surface area contributed by atoms with Crippen LogP contribution in [0.1, 0.15) is 29.5 Å². The number of nitrogens with one attached hydrogen (secondary N) is 1. The molecule has 0 atom stereocenters. The van der Waals surface area contributed by atoms with E-state index in [0.717, 1.165) is 16.7 Å². The first-order chi connectivity index (χ1) is 14.2. The van der Waals surface area contributed by atoms with Crippen molar-refractivity contribution in [2.24, 2.45) is 5.10 Å². The highest BCUT2D eigenvalue weighted by Gasteiger charge is 2.26. The minimum atomic E-state index is -0.338. The highest BCUT2D eigenvalue weighted by atomic mass is 16.2. The first-order valence-corrected chi connectivity index (χ1v) is 9.82. The maximum absolute atomic E-state index is 12.7. The molecule has 0 bridgehead atoms. The van der Waals surface area contributed by atoms with E-state index < -0.39 is 0 Å². The Kier molecular flexibility index (Phi) is 6.30. The fourth-order valence-corrected chi connectivity index (χ4v) is 3.09. The first kappa shape index (κ1) is 21.2. The van der Waals surface area contributed by atoms with Crippen molar-refractivity contribution in [3.63, 3.8) is 0 Å². The van der Waals surface area contributed by atoms with Crippen LogP contribution in [0.2, 0.25) is 0 Å². The van der Waals surface area contributed by atoms with E-state index in [1.807, 2.05) is 44.2 Å². The zero-order valence-electron chi connectivity index (χ0n) is 17.7. The smallest absolute Gasteiger partial charge is 0.271 e. The van der Waals surface area contributed by atoms with E-state index in [9.17, 15) is 14.4 Å². The third kappa shape index (κ3) is 4.92. The highest BCUT2D eigenvalue weighted by molar-refractivity contribution is 6.44. The Hall–Kier alpha value is -3.48. The third-order valence-corrected chi connectivity index (χ3v) is 4.95. The minimum Gasteiger partial charge on any atom is -0.349 e. The monoisotopic (exact) mass is 406 g/mol. The number of aryl methyl sites for hydroxylation is 2. The Morgan fingerprint density at radius 3 is 2.43 bits per heavy atom. The molecule has 1 N–H and O–H groups in total. The molecule has 7 nitrogen and oxygen atoms in total. The minimum absolute atomic E-state index is 0.0135. The van der Waals surface area contributed by atoms with Gasteiger partial charge in [-0.1, -0.05) is 24.3 Å². The Labute approximate surface area is 176 Å². The first-order valence-electron chi connectivity index (χ1n) is 9.82. The number of hydrazone groups is 1. The molecule has 0 radical (unpaired) electrons. The summed E-state index contributed by atoms with van der Waals surface area (Å²) in [6, 6.07) is 12.9. The van der Waals surface area contributed by atoms with Crippen LogP contribution in [0.4, 0.5) is 11.4 Å². The molecule has 0 saturated heterocycles. The summed E-state index contributed by atoms with van der Waals surface area (Å²) in [6.45, 7) is 3.86. The molecule has 1 heterocycles. The number of anilines is 2. The molecular formula is C23H26N4O3. The zero-order valence-corrected chi connectivity index (χ0v) is 17.7. The van der Waals surface area contributed by atoms with Crippen molar-refractivity contribution in [1.82, 2.24) is 4.90 Å². The number of likely N-dealkylation sites (N-methyl/N-ethyl adjacent to an activating group) is 1. The number of nitrogens with zero attached hydrogens (tertiary/aromatic N) is 3. The Morgan fingerprint density at radius 2 is 1.77 bits per heavy atom. The summed E-state index contributed by atoms with van der Waals surface area (Å²) < 4.78 is 0. The van der Waals surface area contributed by atoms with E-state index in [1.54, 1.807) is 31.1 Å². The van der Waals surface area contributed by atoms with Crippen LogP contribution in [0.5, 0.6) is 0 Å². The molecule has 3 rings (SSSR count). The Balaban J connectivity index is 1.74. The molecule has 2 aromatic rings. The van der Waals surface area contributed by atoms with Gasteiger partial charge < -0.3 is 10.2 Å². The normalized spacial score (nSPS) is 13.7. The highest BCUT2D eigenvalue weighted by Crippen LogP contribution is 2.25. The van der Waals surface area contributed by atoms with Crippen molar-refractivity contribution < 1.29 is 14.4 Å². The number of carbonyl (C=O) groups excluding carboxylic acids is 3. The number of hydrogen-bond donors (Lipinski definition) is 1. The molecular weight excluding hydrogens is 380 g/mol. The molecule has 0 saturated carbocycles. The third-order valence-electron chi connectivity index (χ3n) is 4.95. The van der Waals surface area contributed by atoms with Crippen molar-refractivity contribution in [2.45, 2.75) is 33.1 Å². The van der Waals surface area contributed by atoms with E-state index in [0.29, 0.717) is 29.9 Å². The summed E-state index contributed by atoms with van der Waals surface area (Å²) in [5.41, 5.74) is 4.42. The van der Waals surface area contributed by atoms with E-state index in [1.165, 1.54) is 5.01 Å². The largest absolute Gasteiger partial charge is 0.349 e. The van der Waals surface area contributed by atoms with Gasteiger partial charge in [0.15, 0.2) is 0 Å². The second-order valence-electron chi connectivity index (χ2n) is 7.66. The quantitative estimate of drug-likeness (QED) is 0.829. The summed E-state index contributed by atoms with van der Waals surface area (Å²) in [4.78, 5) is 38.5. The Morgan fingerprint density at radius 1 is 1.07 bits per heavy atom. The lowest BCUT2D eigenvalue weighted by molar-refractivity contribution is -0.128. The predicted molar refractivity (Wildman–Crippen MR) is 118 cm³/mol. The average Bonchev–Trinajstić information content (AvgIpc) is 2.71. The van der Waals surface area contributed by atoms with Crippen LogP contribution < -0.4 is 10.3 Å². The van der Waals surface area contributed by atoms with Crippen LogP contribution in [0.3, 0.4) is 0 Å². The predicted octanol–water partition coefficient (Wildman–Crippen LogP) is 3.06. The molecule has 0 aromatic heterocycles. The van der Waals surface area contributed by atoms with Gasteiger partial charge in [-0.05, 0) is 48.7 Å². The molecule has 2 aromatic carbocycles. The number of rotatable bonds is 5. The fourth-order valence-electron chi connectivity index (χ4n) is 3.09. The van der Waals surface area contributed by atoms with Gasteiger partial charge in [0.1, 0.15) is 5.71 Å². The standard InChI is InChI=1S/C23H26N4O3/c1-15-5-6-16(2)20(13-15)27-21(28)12-11-19(25-27)23(30)24-18-9-7-17(8-10-18)14-22(29)26(3)4/h5-10,13H,11-12,14H2,1-4H3,(H,24,30). The molecule has 3 amide bonds. The van der Waals surface area contributed by atoms with Crippen LogP contribution in [-0.2, 0) is 20.8 Å². The van der Waals surface area contributed by atoms with Gasteiger partial charge in [0.05, 0.1) is 12.1 Å². The topological polar surface area (TPSA) is 82.1 Å². The molecule has 0 fully saturated rings. The van der Waals surface area contributed by atoms with Crippen LogP contribution in [0.25, 0.3) is 0 Å². The lowest BCUT2D eigenvalue weighted by atomic mass is 10.1. The summed E-state index contributed by atoms with van der Waals surface area (Å²) >= 11 is 0. The Bertz CT molecular complexity index is 1010. The second-order valence-corrected chi connectivity index (χ2v) is 7.66. The summed E-state index contributed by atoms with van der Waals surface area (Å²) in [5.74, 6) is -0.454. The van der Waals surface area contributed by atoms with Crippen LogP contribution >= 0.6 is 0 Å². The van der Waals surface area contributed by atoms with Crippen molar-refractivity contribution in [2.75, 3.05) is 24.4 Å². The van der Waals surface area contributed by atoms with Gasteiger partial charge in [-0.15, -0.1) is 0 Å². The average molecular weight is 406 g/mol. The van der Waals surface area contributed by atoms with Gasteiger partial charge in [0.25, 0.3) is 5.91 Å². The summed E-state index contributed by atoms with van der Waals surface area (Å²) in [6.07, 6.45) is 0.827. The van der Waals surface area contributed by atoms with Gasteiger partial charge >= 0.3 is 0 Å². The van der Waals surface area contributed by atoms with Crippen molar-refractivity contribution in [1.29, 1.82) is 0 Å². The number of hydrogen-bond acceptors (Lipinski definition) is 4. The van der Waals surface area contributed by atoms with Crippen LogP contribution in [0, 0.1) is 13.8 Å². The SMILES string of the molecule is Cc1ccc(C)c(N2N=C(C(=O)Nc3ccc(CC(=O)N(C)C)cc3)CCC2=O)c1. The fraction of sp³-hybridized carbons (Fsp3) is 0.304. The van der Waals surface area contributed by atoms with Crippen molar-refractivity contribution in [3.05, 3.63) is 59.2 Å². The molecule has 0 unspecified atom stereocenters. The van der Waals surface area contributed by atoms with E-state index in [-0.39, 0.29) is 24.1 Å². The number of amides is 3. The van der Waals surface area contributed by atoms with Gasteiger partial charge in [0.2, 0.25) is 11.8 Å². The maximum atomic E-state index is 12.7. The van der Waals surface area contributed by atoms with E-state index in [4.69, 9.17) is 0 Å². The van der Waals surface area contributed by atoms with Gasteiger partial charge in [-0.2, -0.15) is 5.10 Å². The lowest BCUT2D eigenvalue weighted by Crippen LogP contribution is -2.36. The van der Waals surface area contributed by atoms with Crippen molar-refractivity contribution in [3.8, 4) is 0 Å². The summed E-state index contributed by atoms with van der Waals surface area (Å²) in [5, 5.41) is 8.50. The molecule has 30 heavy (non-hydrogen) atoms. The van der Waals surface area contributed by atoms with Gasteiger partial charge in [0, 0.05) is 32.6 Å². The summed E-state index contributed by atoms with van der Waals surface area (Å²) in [7, 11) is 3.43. The van der Waals surface area contributed by atoms with Crippen LogP contribution in [-0.4, -0.2) is 42.4 Å². The molecule has 0 spiro atoms. The molecule has 1 aliphatic heterocycles. The molecule has 7 heteroatoms. The van der Waals surface area contributed by atoms with Crippen LogP contribution in [0.15, 0.2) is 47.6 Å². The number of carbonyl (C=O) groups is 3. The van der Waals surface area contributed by atoms with E-state index >= 15 is 0 Å². The van der Waals surface area contributed by atoms with E-state index in [2.05, 4.69) is 10.4 Å². The molecule has 0 aliphatic carbocycles. The van der Waals surface area contributed by atoms with Crippen molar-refractivity contribution >= 4 is 34.8 Å². The van der Waals surface area contributed by atoms with Gasteiger partial charge in [-0.25, -0.2) is 5.01 Å². The second kappa shape index (κ2) is 8.90. The maximum Gasteiger partial charge on any atom is 0.271 e. The number of benzene rings is 2. The lowest BCUT2D eigenvalue weighted by Gasteiger charge is -2.24. The van der Waals surface area contributed by atoms with Gasteiger partial charge in [-0.3, -0.25) is 14.4 Å². The molecule has 1 aliphatic rings. The molecule has 156 valence electrons. The zero-order chi connectivity index (χ0) is 21.8.